The minimum atomic E-state index is -0.901. The van der Waals surface area contributed by atoms with Gasteiger partial charge in [-0.25, -0.2) is 9.59 Å². The van der Waals surface area contributed by atoms with Crippen molar-refractivity contribution in [3.63, 3.8) is 0 Å². The number of esters is 1. The molecular formula is C34H39NO9. The van der Waals surface area contributed by atoms with E-state index >= 15 is 0 Å². The van der Waals surface area contributed by atoms with Gasteiger partial charge in [-0.15, -0.1) is 0 Å². The summed E-state index contributed by atoms with van der Waals surface area (Å²) < 4.78 is 32.2. The summed E-state index contributed by atoms with van der Waals surface area (Å²) in [5, 5.41) is 2.78. The van der Waals surface area contributed by atoms with E-state index < -0.39 is 17.8 Å². The highest BCUT2D eigenvalue weighted by Crippen LogP contribution is 2.44. The topological polar surface area (TPSA) is 119 Å². The molecule has 0 fully saturated rings. The molecule has 1 N–H and O–H groups in total. The van der Waals surface area contributed by atoms with Crippen LogP contribution in [0, 0.1) is 0 Å². The van der Waals surface area contributed by atoms with E-state index in [1.807, 2.05) is 24.3 Å². The monoisotopic (exact) mass is 605 g/mol. The number of hydrogen-bond donors (Lipinski definition) is 1. The highest BCUT2D eigenvalue weighted by atomic mass is 16.6. The Balaban J connectivity index is 0.906. The van der Waals surface area contributed by atoms with E-state index in [9.17, 15) is 14.4 Å². The van der Waals surface area contributed by atoms with E-state index in [0.29, 0.717) is 71.4 Å². The molecule has 10 nitrogen and oxygen atoms in total. The summed E-state index contributed by atoms with van der Waals surface area (Å²) in [5.41, 5.74) is 5.06. The molecule has 0 saturated carbocycles. The Morgan fingerprint density at radius 2 is 1.07 bits per heavy atom. The predicted octanol–water partition coefficient (Wildman–Crippen LogP) is 4.41. The minimum Gasteiger partial charge on any atom is -0.457 e. The Labute approximate surface area is 257 Å². The van der Waals surface area contributed by atoms with Crippen LogP contribution < -0.4 is 5.32 Å². The molecule has 1 aliphatic rings. The highest BCUT2D eigenvalue weighted by Gasteiger charge is 2.28. The number of nitrogens with one attached hydrogen (secondary N) is 1. The fraction of sp³-hybridized carbons (Fsp3) is 0.382. The average molecular weight is 606 g/mol. The van der Waals surface area contributed by atoms with Crippen molar-refractivity contribution in [3.05, 3.63) is 95.6 Å². The van der Waals surface area contributed by atoms with Crippen LogP contribution in [0.25, 0.3) is 11.1 Å². The standard InChI is InChI=1S/C34H39NO9/c36-32(26-9-2-1-3-10-26)33(37)43-24-23-42-22-21-41-20-19-40-18-17-39-16-8-15-35-34(38)44-25-31-29-13-6-4-11-27(29)28-12-5-7-14-30(28)31/h1-7,9-14,31H,8,15-25H2,(H,35,38). The number of rotatable bonds is 20. The van der Waals surface area contributed by atoms with Crippen LogP contribution in [-0.2, 0) is 33.2 Å². The SMILES string of the molecule is O=C(NCCCOCCOCCOCCOCCOC(=O)C(=O)c1ccccc1)OCC1c2ccccc2-c2ccccc21. The Kier molecular flexibility index (Phi) is 13.8. The Morgan fingerprint density at radius 3 is 1.66 bits per heavy atom. The number of benzene rings is 3. The average Bonchev–Trinajstić information content (AvgIpc) is 3.38. The van der Waals surface area contributed by atoms with Gasteiger partial charge in [0.1, 0.15) is 13.2 Å². The van der Waals surface area contributed by atoms with Crippen LogP contribution in [0.4, 0.5) is 4.79 Å². The molecule has 1 aliphatic carbocycles. The zero-order valence-electron chi connectivity index (χ0n) is 24.7. The predicted molar refractivity (Wildman–Crippen MR) is 163 cm³/mol. The molecule has 0 atom stereocenters. The zero-order valence-corrected chi connectivity index (χ0v) is 24.7. The van der Waals surface area contributed by atoms with Crippen LogP contribution in [-0.4, -0.2) is 90.5 Å². The number of amides is 1. The molecule has 10 heteroatoms. The Bertz CT molecular complexity index is 1290. The van der Waals surface area contributed by atoms with Crippen LogP contribution >= 0.6 is 0 Å². The first-order chi connectivity index (χ1) is 21.6. The summed E-state index contributed by atoms with van der Waals surface area (Å²) in [7, 11) is 0. The molecule has 0 aliphatic heterocycles. The van der Waals surface area contributed by atoms with E-state index in [4.69, 9.17) is 28.4 Å². The summed E-state index contributed by atoms with van der Waals surface area (Å²) in [5.74, 6) is -1.54. The van der Waals surface area contributed by atoms with Crippen molar-refractivity contribution in [3.8, 4) is 11.1 Å². The molecule has 0 saturated heterocycles. The van der Waals surface area contributed by atoms with Crippen LogP contribution in [0.1, 0.15) is 33.8 Å². The van der Waals surface area contributed by atoms with Gasteiger partial charge < -0.3 is 33.7 Å². The molecule has 0 unspecified atom stereocenters. The van der Waals surface area contributed by atoms with E-state index in [-0.39, 0.29) is 19.1 Å². The summed E-state index contributed by atoms with van der Waals surface area (Å²) in [6, 6.07) is 24.7. The number of alkyl carbamates (subject to hydrolysis) is 1. The van der Waals surface area contributed by atoms with Gasteiger partial charge in [-0.05, 0) is 28.7 Å². The number of carbonyl (C=O) groups excluding carboxylic acids is 3. The maximum atomic E-state index is 12.2. The van der Waals surface area contributed by atoms with Crippen LogP contribution in [0.15, 0.2) is 78.9 Å². The molecule has 234 valence electrons. The fourth-order valence-corrected chi connectivity index (χ4v) is 4.74. The number of Topliss-reactive ketones (excluding diaryl/α,β-unsaturated/α-hetero) is 1. The molecular weight excluding hydrogens is 566 g/mol. The normalized spacial score (nSPS) is 11.9. The van der Waals surface area contributed by atoms with E-state index in [1.165, 1.54) is 22.3 Å². The van der Waals surface area contributed by atoms with Crippen LogP contribution in [0.2, 0.25) is 0 Å². The Morgan fingerprint density at radius 1 is 0.568 bits per heavy atom. The van der Waals surface area contributed by atoms with Crippen molar-refractivity contribution in [2.75, 3.05) is 72.6 Å². The molecule has 44 heavy (non-hydrogen) atoms. The van der Waals surface area contributed by atoms with Crippen LogP contribution in [0.5, 0.6) is 0 Å². The van der Waals surface area contributed by atoms with E-state index in [2.05, 4.69) is 29.6 Å². The third kappa shape index (κ3) is 10.3. The molecule has 0 bridgehead atoms. The van der Waals surface area contributed by atoms with Crippen molar-refractivity contribution in [2.24, 2.45) is 0 Å². The fourth-order valence-electron chi connectivity index (χ4n) is 4.74. The lowest BCUT2D eigenvalue weighted by Crippen LogP contribution is -2.27. The number of hydrogen-bond acceptors (Lipinski definition) is 9. The lowest BCUT2D eigenvalue weighted by atomic mass is 9.98. The van der Waals surface area contributed by atoms with Crippen molar-refractivity contribution in [1.29, 1.82) is 0 Å². The second-order valence-electron chi connectivity index (χ2n) is 9.89. The first-order valence-electron chi connectivity index (χ1n) is 14.8. The molecule has 3 aromatic rings. The highest BCUT2D eigenvalue weighted by molar-refractivity contribution is 6.40. The van der Waals surface area contributed by atoms with Crippen molar-refractivity contribution >= 4 is 17.8 Å². The van der Waals surface area contributed by atoms with Gasteiger partial charge in [0.15, 0.2) is 0 Å². The van der Waals surface area contributed by atoms with Gasteiger partial charge in [0.05, 0.1) is 46.2 Å². The quantitative estimate of drug-likeness (QED) is 0.0865. The summed E-state index contributed by atoms with van der Waals surface area (Å²) in [6.45, 7) is 3.83. The van der Waals surface area contributed by atoms with Crippen LogP contribution in [0.3, 0.4) is 0 Å². The van der Waals surface area contributed by atoms with Crippen molar-refractivity contribution < 1.29 is 42.8 Å². The van der Waals surface area contributed by atoms with Gasteiger partial charge in [-0.3, -0.25) is 4.79 Å². The van der Waals surface area contributed by atoms with Gasteiger partial charge in [0.25, 0.3) is 5.78 Å². The molecule has 0 heterocycles. The summed E-state index contributed by atoms with van der Waals surface area (Å²) >= 11 is 0. The number of ketones is 1. The number of ether oxygens (including phenoxy) is 6. The zero-order chi connectivity index (χ0) is 30.8. The maximum absolute atomic E-state index is 12.2. The van der Waals surface area contributed by atoms with Gasteiger partial charge in [0, 0.05) is 24.6 Å². The van der Waals surface area contributed by atoms with Gasteiger partial charge in [-0.2, -0.15) is 0 Å². The number of carbonyl (C=O) groups is 3. The van der Waals surface area contributed by atoms with Gasteiger partial charge in [-0.1, -0.05) is 78.9 Å². The van der Waals surface area contributed by atoms with E-state index in [0.717, 1.165) is 0 Å². The molecule has 0 spiro atoms. The molecule has 0 aromatic heterocycles. The second kappa shape index (κ2) is 18.5. The molecule has 3 aromatic carbocycles. The summed E-state index contributed by atoms with van der Waals surface area (Å²) in [6.07, 6.45) is 0.231. The number of fused-ring (bicyclic) bond motifs is 3. The lowest BCUT2D eigenvalue weighted by molar-refractivity contribution is -0.139. The molecule has 1 amide bonds. The first kappa shape index (κ1) is 32.8. The first-order valence-corrected chi connectivity index (χ1v) is 14.8. The second-order valence-corrected chi connectivity index (χ2v) is 9.89. The van der Waals surface area contributed by atoms with E-state index in [1.54, 1.807) is 30.3 Å². The summed E-state index contributed by atoms with van der Waals surface area (Å²) in [4.78, 5) is 35.9. The third-order valence-electron chi connectivity index (χ3n) is 6.88. The van der Waals surface area contributed by atoms with Gasteiger partial charge in [0.2, 0.25) is 0 Å². The molecule has 4 rings (SSSR count). The third-order valence-corrected chi connectivity index (χ3v) is 6.88. The maximum Gasteiger partial charge on any atom is 0.407 e. The Hall–Kier alpha value is -4.09. The van der Waals surface area contributed by atoms with Crippen molar-refractivity contribution in [2.45, 2.75) is 12.3 Å². The minimum absolute atomic E-state index is 0.00795. The lowest BCUT2D eigenvalue weighted by Gasteiger charge is -2.14. The largest absolute Gasteiger partial charge is 0.457 e. The smallest absolute Gasteiger partial charge is 0.407 e. The van der Waals surface area contributed by atoms with Gasteiger partial charge >= 0.3 is 12.1 Å². The van der Waals surface area contributed by atoms with Crippen molar-refractivity contribution in [1.82, 2.24) is 5.32 Å². The molecule has 0 radical (unpaired) electrons.